The Labute approximate surface area is 97.6 Å². The molecular weight excluding hydrogens is 200 g/mol. The number of aromatic nitrogens is 1. The first-order valence-corrected chi connectivity index (χ1v) is 6.49. The summed E-state index contributed by atoms with van der Waals surface area (Å²) in [6, 6.07) is 0. The van der Waals surface area contributed by atoms with E-state index in [0.29, 0.717) is 5.92 Å². The summed E-state index contributed by atoms with van der Waals surface area (Å²) in [5, 5.41) is 3.15. The lowest BCUT2D eigenvalue weighted by Crippen LogP contribution is -2.08. The molecule has 1 aliphatic carbocycles. The fourth-order valence-electron chi connectivity index (χ4n) is 2.42. The first-order valence-electron chi connectivity index (χ1n) is 6.49. The van der Waals surface area contributed by atoms with Crippen LogP contribution in [0.2, 0.25) is 0 Å². The third-order valence-electron chi connectivity index (χ3n) is 3.38. The van der Waals surface area contributed by atoms with Gasteiger partial charge in [0.2, 0.25) is 0 Å². The summed E-state index contributed by atoms with van der Waals surface area (Å²) < 4.78 is 5.60. The van der Waals surface area contributed by atoms with E-state index in [1.807, 2.05) is 13.3 Å². The second kappa shape index (κ2) is 6.04. The molecule has 90 valence electrons. The number of hydrogen-bond acceptors (Lipinski definition) is 3. The van der Waals surface area contributed by atoms with Crippen LogP contribution in [0.1, 0.15) is 56.0 Å². The quantitative estimate of drug-likeness (QED) is 0.778. The molecule has 1 heterocycles. The number of nitrogens with zero attached hydrogens (tertiary/aromatic N) is 1. The van der Waals surface area contributed by atoms with Crippen molar-refractivity contribution in [1.82, 2.24) is 10.3 Å². The Kier molecular flexibility index (Phi) is 4.40. The smallest absolute Gasteiger partial charge is 0.197 e. The van der Waals surface area contributed by atoms with Crippen LogP contribution in [-0.4, -0.2) is 18.6 Å². The van der Waals surface area contributed by atoms with Crippen LogP contribution in [0, 0.1) is 0 Å². The maximum absolute atomic E-state index is 5.60. The fraction of sp³-hybridized carbons (Fsp3) is 0.769. The zero-order chi connectivity index (χ0) is 11.2. The largest absolute Gasteiger partial charge is 0.448 e. The van der Waals surface area contributed by atoms with Gasteiger partial charge in [0, 0.05) is 5.92 Å². The summed E-state index contributed by atoms with van der Waals surface area (Å²) in [5.74, 6) is 1.57. The second-order valence-corrected chi connectivity index (χ2v) is 4.72. The van der Waals surface area contributed by atoms with Gasteiger partial charge < -0.3 is 9.73 Å². The van der Waals surface area contributed by atoms with Gasteiger partial charge >= 0.3 is 0 Å². The molecule has 1 aromatic rings. The van der Waals surface area contributed by atoms with E-state index in [1.165, 1.54) is 32.1 Å². The van der Waals surface area contributed by atoms with E-state index in [-0.39, 0.29) is 0 Å². The maximum atomic E-state index is 5.60. The van der Waals surface area contributed by atoms with Gasteiger partial charge in [-0.25, -0.2) is 4.98 Å². The second-order valence-electron chi connectivity index (χ2n) is 4.72. The van der Waals surface area contributed by atoms with Crippen molar-refractivity contribution in [3.8, 4) is 0 Å². The van der Waals surface area contributed by atoms with Gasteiger partial charge in [0.05, 0.1) is 5.69 Å². The zero-order valence-electron chi connectivity index (χ0n) is 10.2. The molecule has 0 unspecified atom stereocenters. The highest BCUT2D eigenvalue weighted by atomic mass is 16.3. The predicted molar refractivity (Wildman–Crippen MR) is 64.6 cm³/mol. The predicted octanol–water partition coefficient (Wildman–Crippen LogP) is 2.87. The van der Waals surface area contributed by atoms with Crippen molar-refractivity contribution in [1.29, 1.82) is 0 Å². The third-order valence-corrected chi connectivity index (χ3v) is 3.38. The van der Waals surface area contributed by atoms with E-state index in [4.69, 9.17) is 4.42 Å². The van der Waals surface area contributed by atoms with E-state index >= 15 is 0 Å². The number of rotatable bonds is 5. The first-order chi connectivity index (χ1) is 7.90. The average molecular weight is 222 g/mol. The van der Waals surface area contributed by atoms with Gasteiger partial charge in [-0.15, -0.1) is 0 Å². The average Bonchev–Trinajstić information content (AvgIpc) is 2.79. The van der Waals surface area contributed by atoms with Crippen LogP contribution in [0.3, 0.4) is 0 Å². The van der Waals surface area contributed by atoms with Gasteiger partial charge in [0.1, 0.15) is 6.26 Å². The minimum absolute atomic E-state index is 0.590. The van der Waals surface area contributed by atoms with Crippen LogP contribution in [-0.2, 0) is 6.42 Å². The molecule has 0 radical (unpaired) electrons. The number of hydrogen-bond donors (Lipinski definition) is 1. The number of nitrogens with one attached hydrogen (secondary N) is 1. The molecule has 0 atom stereocenters. The van der Waals surface area contributed by atoms with Crippen molar-refractivity contribution in [2.75, 3.05) is 13.6 Å². The summed E-state index contributed by atoms with van der Waals surface area (Å²) in [6.45, 7) is 1.05. The topological polar surface area (TPSA) is 38.1 Å². The summed E-state index contributed by atoms with van der Waals surface area (Å²) in [7, 11) is 1.98. The Morgan fingerprint density at radius 2 is 2.19 bits per heavy atom. The van der Waals surface area contributed by atoms with E-state index < -0.39 is 0 Å². The SMILES string of the molecule is CNCCCc1coc(C2CCCCC2)n1. The lowest BCUT2D eigenvalue weighted by molar-refractivity contribution is 0.363. The lowest BCUT2D eigenvalue weighted by atomic mass is 9.89. The third kappa shape index (κ3) is 3.08. The highest BCUT2D eigenvalue weighted by molar-refractivity contribution is 5.01. The molecule has 3 heteroatoms. The molecule has 0 amide bonds. The molecule has 1 N–H and O–H groups in total. The Bertz CT molecular complexity index is 303. The van der Waals surface area contributed by atoms with Crippen molar-refractivity contribution < 1.29 is 4.42 Å². The molecule has 0 spiro atoms. The van der Waals surface area contributed by atoms with Gasteiger partial charge in [0.25, 0.3) is 0 Å². The van der Waals surface area contributed by atoms with Gasteiger partial charge in [0.15, 0.2) is 5.89 Å². The van der Waals surface area contributed by atoms with Crippen molar-refractivity contribution in [2.24, 2.45) is 0 Å². The molecule has 3 nitrogen and oxygen atoms in total. The van der Waals surface area contributed by atoms with Gasteiger partial charge in [-0.05, 0) is 39.3 Å². The molecule has 1 fully saturated rings. The van der Waals surface area contributed by atoms with E-state index in [1.54, 1.807) is 0 Å². The molecule has 2 rings (SSSR count). The van der Waals surface area contributed by atoms with Crippen LogP contribution in [0.4, 0.5) is 0 Å². The van der Waals surface area contributed by atoms with Crippen LogP contribution >= 0.6 is 0 Å². The van der Waals surface area contributed by atoms with Crippen LogP contribution < -0.4 is 5.32 Å². The van der Waals surface area contributed by atoms with Crippen molar-refractivity contribution >= 4 is 0 Å². The Balaban J connectivity index is 1.85. The van der Waals surface area contributed by atoms with Crippen LogP contribution in [0.25, 0.3) is 0 Å². The van der Waals surface area contributed by atoms with Crippen molar-refractivity contribution in [2.45, 2.75) is 50.9 Å². The Morgan fingerprint density at radius 3 is 2.94 bits per heavy atom. The summed E-state index contributed by atoms with van der Waals surface area (Å²) in [5.41, 5.74) is 1.12. The maximum Gasteiger partial charge on any atom is 0.197 e. The van der Waals surface area contributed by atoms with Crippen molar-refractivity contribution in [3.05, 3.63) is 17.8 Å². The summed E-state index contributed by atoms with van der Waals surface area (Å²) in [6.07, 6.45) is 10.6. The minimum atomic E-state index is 0.590. The molecule has 0 bridgehead atoms. The molecule has 16 heavy (non-hydrogen) atoms. The zero-order valence-corrected chi connectivity index (χ0v) is 10.2. The molecular formula is C13H22N2O. The van der Waals surface area contributed by atoms with Crippen LogP contribution in [0.5, 0.6) is 0 Å². The van der Waals surface area contributed by atoms with E-state index in [0.717, 1.165) is 31.0 Å². The normalized spacial score (nSPS) is 17.8. The van der Waals surface area contributed by atoms with E-state index in [9.17, 15) is 0 Å². The molecule has 1 aliphatic rings. The summed E-state index contributed by atoms with van der Waals surface area (Å²) >= 11 is 0. The van der Waals surface area contributed by atoms with E-state index in [2.05, 4.69) is 10.3 Å². The standard InChI is InChI=1S/C13H22N2O/c1-14-9-5-8-12-10-16-13(15-12)11-6-3-2-4-7-11/h10-11,14H,2-9H2,1H3. The molecule has 0 aliphatic heterocycles. The monoisotopic (exact) mass is 222 g/mol. The van der Waals surface area contributed by atoms with Gasteiger partial charge in [-0.3, -0.25) is 0 Å². The highest BCUT2D eigenvalue weighted by Crippen LogP contribution is 2.31. The minimum Gasteiger partial charge on any atom is -0.448 e. The van der Waals surface area contributed by atoms with Gasteiger partial charge in [-0.2, -0.15) is 0 Å². The number of aryl methyl sites for hydroxylation is 1. The lowest BCUT2D eigenvalue weighted by Gasteiger charge is -2.17. The Morgan fingerprint density at radius 1 is 1.38 bits per heavy atom. The number of oxazole rings is 1. The molecule has 0 aromatic carbocycles. The molecule has 1 aromatic heterocycles. The highest BCUT2D eigenvalue weighted by Gasteiger charge is 2.19. The molecule has 0 saturated heterocycles. The molecule has 1 saturated carbocycles. The first kappa shape index (κ1) is 11.6. The fourth-order valence-corrected chi connectivity index (χ4v) is 2.42. The summed E-state index contributed by atoms with van der Waals surface area (Å²) in [4.78, 5) is 4.61. The Hall–Kier alpha value is -0.830. The van der Waals surface area contributed by atoms with Crippen molar-refractivity contribution in [3.63, 3.8) is 0 Å². The van der Waals surface area contributed by atoms with Gasteiger partial charge in [-0.1, -0.05) is 19.3 Å². The van der Waals surface area contributed by atoms with Crippen LogP contribution in [0.15, 0.2) is 10.7 Å².